The zero-order valence-corrected chi connectivity index (χ0v) is 11.3. The highest BCUT2D eigenvalue weighted by molar-refractivity contribution is 8.01. The number of esters is 1. The first-order valence-electron chi connectivity index (χ1n) is 4.92. The lowest BCUT2D eigenvalue weighted by molar-refractivity contribution is 0.0601. The highest BCUT2D eigenvalue weighted by atomic mass is 32.2. The van der Waals surface area contributed by atoms with Gasteiger partial charge in [-0.25, -0.2) is 14.8 Å². The molecular weight excluding hydrogens is 272 g/mol. The summed E-state index contributed by atoms with van der Waals surface area (Å²) in [4.78, 5) is 19.8. The lowest BCUT2D eigenvalue weighted by atomic mass is 10.2. The summed E-state index contributed by atoms with van der Waals surface area (Å²) < 4.78 is 9.44. The number of anilines is 1. The van der Waals surface area contributed by atoms with E-state index in [4.69, 9.17) is 5.73 Å². The lowest BCUT2D eigenvalue weighted by Gasteiger charge is -2.06. The highest BCUT2D eigenvalue weighted by Crippen LogP contribution is 2.32. The Bertz CT molecular complexity index is 585. The van der Waals surface area contributed by atoms with Crippen molar-refractivity contribution in [1.82, 2.24) is 14.3 Å². The number of hydrogen-bond donors (Lipinski definition) is 1. The third-order valence-corrected chi connectivity index (χ3v) is 3.91. The van der Waals surface area contributed by atoms with Crippen molar-refractivity contribution in [2.24, 2.45) is 0 Å². The summed E-state index contributed by atoms with van der Waals surface area (Å²) in [6.07, 6.45) is 1.51. The van der Waals surface area contributed by atoms with E-state index in [0.717, 1.165) is 4.34 Å². The summed E-state index contributed by atoms with van der Waals surface area (Å²) in [7, 11) is 1.31. The summed E-state index contributed by atoms with van der Waals surface area (Å²) in [6.45, 7) is 1.81. The van der Waals surface area contributed by atoms with Crippen LogP contribution < -0.4 is 5.73 Å². The van der Waals surface area contributed by atoms with Crippen molar-refractivity contribution in [3.63, 3.8) is 0 Å². The molecule has 2 aromatic rings. The first-order chi connectivity index (χ1) is 8.61. The largest absolute Gasteiger partial charge is 0.465 e. The van der Waals surface area contributed by atoms with Crippen LogP contribution in [0.4, 0.5) is 5.69 Å². The molecule has 0 saturated carbocycles. The molecule has 18 heavy (non-hydrogen) atoms. The molecule has 0 aromatic carbocycles. The minimum atomic E-state index is -0.481. The Morgan fingerprint density at radius 2 is 2.33 bits per heavy atom. The molecule has 2 N–H and O–H groups in total. The van der Waals surface area contributed by atoms with Crippen LogP contribution in [-0.4, -0.2) is 27.4 Å². The molecule has 2 heterocycles. The Morgan fingerprint density at radius 3 is 2.94 bits per heavy atom. The zero-order valence-electron chi connectivity index (χ0n) is 9.71. The van der Waals surface area contributed by atoms with E-state index in [1.54, 1.807) is 0 Å². The van der Waals surface area contributed by atoms with Crippen LogP contribution >= 0.6 is 23.3 Å². The van der Waals surface area contributed by atoms with Gasteiger partial charge in [0.2, 0.25) is 0 Å². The molecule has 2 rings (SSSR count). The van der Waals surface area contributed by atoms with Crippen LogP contribution in [0.25, 0.3) is 0 Å². The Kier molecular flexibility index (Phi) is 3.78. The van der Waals surface area contributed by atoms with Gasteiger partial charge >= 0.3 is 5.97 Å². The summed E-state index contributed by atoms with van der Waals surface area (Å²) in [5, 5.41) is 0.522. The Labute approximate surface area is 112 Å². The molecule has 0 aliphatic heterocycles. The number of hydrogen-bond acceptors (Lipinski definition) is 8. The molecule has 0 aliphatic rings. The van der Waals surface area contributed by atoms with Crippen molar-refractivity contribution >= 4 is 35.0 Å². The number of pyridine rings is 1. The van der Waals surface area contributed by atoms with E-state index in [1.165, 1.54) is 42.7 Å². The number of ether oxygens (including phenoxy) is 1. The molecular formula is C10H10N4O2S2. The van der Waals surface area contributed by atoms with Crippen molar-refractivity contribution in [2.45, 2.75) is 16.3 Å². The molecule has 0 bridgehead atoms. The van der Waals surface area contributed by atoms with Gasteiger partial charge in [-0.05, 0) is 36.3 Å². The number of nitrogens with two attached hydrogens (primary N) is 1. The van der Waals surface area contributed by atoms with Gasteiger partial charge in [0, 0.05) is 6.20 Å². The summed E-state index contributed by atoms with van der Waals surface area (Å²) in [5.74, 6) is 0.218. The smallest absolute Gasteiger partial charge is 0.340 e. The van der Waals surface area contributed by atoms with E-state index in [0.29, 0.717) is 22.1 Å². The molecule has 0 fully saturated rings. The number of aromatic nitrogens is 3. The SMILES string of the molecule is COC(=O)c1ccnc(Sc2nc(C)ns2)c1N. The second-order valence-corrected chi connectivity index (χ2v) is 5.27. The van der Waals surface area contributed by atoms with Crippen LogP contribution in [0, 0.1) is 6.92 Å². The molecule has 2 aromatic heterocycles. The van der Waals surface area contributed by atoms with Gasteiger partial charge in [-0.15, -0.1) is 0 Å². The van der Waals surface area contributed by atoms with Gasteiger partial charge in [-0.1, -0.05) is 0 Å². The van der Waals surface area contributed by atoms with Gasteiger partial charge in [0.15, 0.2) is 4.34 Å². The summed E-state index contributed by atoms with van der Waals surface area (Å²) in [6, 6.07) is 1.52. The average molecular weight is 282 g/mol. The van der Waals surface area contributed by atoms with Gasteiger partial charge in [-0.3, -0.25) is 0 Å². The minimum absolute atomic E-state index is 0.294. The monoisotopic (exact) mass is 282 g/mol. The van der Waals surface area contributed by atoms with Crippen molar-refractivity contribution in [3.05, 3.63) is 23.7 Å². The summed E-state index contributed by atoms with van der Waals surface area (Å²) >= 11 is 2.54. The fourth-order valence-electron chi connectivity index (χ4n) is 1.23. The standard InChI is InChI=1S/C10H10N4O2S2/c1-5-13-10(18-14-5)17-8-7(11)6(3-4-12-8)9(15)16-2/h3-4H,11H2,1-2H3. The van der Waals surface area contributed by atoms with Crippen LogP contribution in [0.1, 0.15) is 16.2 Å². The Hall–Kier alpha value is -1.67. The Balaban J connectivity index is 2.31. The van der Waals surface area contributed by atoms with Crippen LogP contribution in [0.2, 0.25) is 0 Å². The molecule has 0 radical (unpaired) electrons. The van der Waals surface area contributed by atoms with Gasteiger partial charge in [0.05, 0.1) is 18.4 Å². The maximum absolute atomic E-state index is 11.5. The van der Waals surface area contributed by atoms with E-state index >= 15 is 0 Å². The number of nitrogen functional groups attached to an aromatic ring is 1. The van der Waals surface area contributed by atoms with Gasteiger partial charge in [0.25, 0.3) is 0 Å². The quantitative estimate of drug-likeness (QED) is 0.857. The predicted octanol–water partition coefficient (Wildman–Crippen LogP) is 1.76. The van der Waals surface area contributed by atoms with E-state index in [1.807, 2.05) is 6.92 Å². The molecule has 0 unspecified atom stereocenters. The van der Waals surface area contributed by atoms with Crippen LogP contribution in [-0.2, 0) is 4.74 Å². The van der Waals surface area contributed by atoms with Crippen LogP contribution in [0.3, 0.4) is 0 Å². The lowest BCUT2D eigenvalue weighted by Crippen LogP contribution is -2.07. The molecule has 8 heteroatoms. The van der Waals surface area contributed by atoms with E-state index < -0.39 is 5.97 Å². The second kappa shape index (κ2) is 5.32. The summed E-state index contributed by atoms with van der Waals surface area (Å²) in [5.41, 5.74) is 6.48. The van der Waals surface area contributed by atoms with Gasteiger partial charge in [0.1, 0.15) is 10.9 Å². The molecule has 0 spiro atoms. The maximum Gasteiger partial charge on any atom is 0.340 e. The van der Waals surface area contributed by atoms with Crippen LogP contribution in [0.15, 0.2) is 21.6 Å². The first kappa shape index (κ1) is 12.8. The molecule has 0 atom stereocenters. The third kappa shape index (κ3) is 2.59. The topological polar surface area (TPSA) is 91.0 Å². The van der Waals surface area contributed by atoms with Crippen molar-refractivity contribution in [1.29, 1.82) is 0 Å². The van der Waals surface area contributed by atoms with Gasteiger partial charge in [-0.2, -0.15) is 4.37 Å². The normalized spacial score (nSPS) is 10.3. The molecule has 6 nitrogen and oxygen atoms in total. The molecule has 0 aliphatic carbocycles. The first-order valence-corrected chi connectivity index (χ1v) is 6.51. The molecule has 94 valence electrons. The third-order valence-electron chi connectivity index (χ3n) is 2.05. The van der Waals surface area contributed by atoms with Crippen molar-refractivity contribution < 1.29 is 9.53 Å². The number of rotatable bonds is 3. The molecule has 0 saturated heterocycles. The van der Waals surface area contributed by atoms with E-state index in [9.17, 15) is 4.79 Å². The highest BCUT2D eigenvalue weighted by Gasteiger charge is 2.15. The fraction of sp³-hybridized carbons (Fsp3) is 0.200. The number of carbonyl (C=O) groups is 1. The van der Waals surface area contributed by atoms with E-state index in [2.05, 4.69) is 19.1 Å². The van der Waals surface area contributed by atoms with Crippen molar-refractivity contribution in [2.75, 3.05) is 12.8 Å². The van der Waals surface area contributed by atoms with Gasteiger partial charge < -0.3 is 10.5 Å². The zero-order chi connectivity index (χ0) is 13.1. The predicted molar refractivity (Wildman–Crippen MR) is 68.8 cm³/mol. The maximum atomic E-state index is 11.5. The number of nitrogens with zero attached hydrogens (tertiary/aromatic N) is 3. The number of methoxy groups -OCH3 is 1. The molecule has 0 amide bonds. The number of aryl methyl sites for hydroxylation is 1. The van der Waals surface area contributed by atoms with E-state index in [-0.39, 0.29) is 0 Å². The Morgan fingerprint density at radius 1 is 1.56 bits per heavy atom. The average Bonchev–Trinajstić information content (AvgIpc) is 2.76. The number of carbonyl (C=O) groups excluding carboxylic acids is 1. The van der Waals surface area contributed by atoms with Crippen LogP contribution in [0.5, 0.6) is 0 Å². The second-order valence-electron chi connectivity index (χ2n) is 3.28. The fourth-order valence-corrected chi connectivity index (χ4v) is 2.82. The minimum Gasteiger partial charge on any atom is -0.465 e. The van der Waals surface area contributed by atoms with Crippen molar-refractivity contribution in [3.8, 4) is 0 Å².